The summed E-state index contributed by atoms with van der Waals surface area (Å²) < 4.78 is 1.66. The fourth-order valence-corrected chi connectivity index (χ4v) is 3.73. The molecule has 110 valence electrons. The van der Waals surface area contributed by atoms with Crippen molar-refractivity contribution >= 4 is 16.5 Å². The van der Waals surface area contributed by atoms with Gasteiger partial charge < -0.3 is 14.4 Å². The lowest BCUT2D eigenvalue weighted by Crippen LogP contribution is -2.37. The Kier molecular flexibility index (Phi) is 3.00. The highest BCUT2D eigenvalue weighted by atomic mass is 16.1. The van der Waals surface area contributed by atoms with Crippen LogP contribution in [0.15, 0.2) is 35.3 Å². The summed E-state index contributed by atoms with van der Waals surface area (Å²) in [6.07, 6.45) is 4.32. The second-order valence-electron chi connectivity index (χ2n) is 6.27. The molecule has 1 aromatic carbocycles. The molecule has 21 heavy (non-hydrogen) atoms. The molecule has 3 saturated heterocycles. The summed E-state index contributed by atoms with van der Waals surface area (Å²) >= 11 is 0. The van der Waals surface area contributed by atoms with Crippen LogP contribution in [0.4, 0.5) is 5.69 Å². The van der Waals surface area contributed by atoms with Gasteiger partial charge in [0.05, 0.1) is 0 Å². The van der Waals surface area contributed by atoms with Gasteiger partial charge in [0.1, 0.15) is 0 Å². The van der Waals surface area contributed by atoms with E-state index in [2.05, 4.69) is 28.0 Å². The summed E-state index contributed by atoms with van der Waals surface area (Å²) in [6.45, 7) is 4.65. The van der Waals surface area contributed by atoms with Crippen LogP contribution in [0.5, 0.6) is 0 Å². The third kappa shape index (κ3) is 2.14. The van der Waals surface area contributed by atoms with Gasteiger partial charge in [0, 0.05) is 56.5 Å². The van der Waals surface area contributed by atoms with E-state index in [1.165, 1.54) is 31.6 Å². The first kappa shape index (κ1) is 12.9. The molecule has 3 aliphatic heterocycles. The van der Waals surface area contributed by atoms with E-state index in [-0.39, 0.29) is 5.56 Å². The van der Waals surface area contributed by atoms with E-state index in [1.54, 1.807) is 4.57 Å². The van der Waals surface area contributed by atoms with Gasteiger partial charge in [-0.25, -0.2) is 0 Å². The number of fused-ring (bicyclic) bond motifs is 5. The molecule has 0 aliphatic carbocycles. The van der Waals surface area contributed by atoms with E-state index in [4.69, 9.17) is 0 Å². The number of aromatic nitrogens is 1. The lowest BCUT2D eigenvalue weighted by molar-refractivity contribution is 0.250. The predicted molar refractivity (Wildman–Crippen MR) is 86.0 cm³/mol. The van der Waals surface area contributed by atoms with Gasteiger partial charge in [-0.1, -0.05) is 6.07 Å². The maximum absolute atomic E-state index is 12.3. The Hall–Kier alpha value is -1.81. The Morgan fingerprint density at radius 1 is 1.05 bits per heavy atom. The molecule has 0 amide bonds. The topological polar surface area (TPSA) is 28.5 Å². The maximum atomic E-state index is 12.3. The van der Waals surface area contributed by atoms with Crippen LogP contribution in [0.3, 0.4) is 0 Å². The van der Waals surface area contributed by atoms with Crippen LogP contribution in [0.2, 0.25) is 0 Å². The Morgan fingerprint density at radius 2 is 1.86 bits per heavy atom. The molecule has 1 aromatic heterocycles. The largest absolute Gasteiger partial charge is 0.367 e. The van der Waals surface area contributed by atoms with Crippen molar-refractivity contribution in [1.29, 1.82) is 0 Å². The first-order chi connectivity index (χ1) is 10.2. The normalized spacial score (nSPS) is 25.3. The van der Waals surface area contributed by atoms with Crippen LogP contribution in [0.1, 0.15) is 12.8 Å². The number of hydrogen-bond acceptors (Lipinski definition) is 3. The molecule has 0 radical (unpaired) electrons. The van der Waals surface area contributed by atoms with Crippen molar-refractivity contribution < 1.29 is 0 Å². The van der Waals surface area contributed by atoms with E-state index in [9.17, 15) is 4.79 Å². The van der Waals surface area contributed by atoms with E-state index >= 15 is 0 Å². The molecule has 2 bridgehead atoms. The summed E-state index contributed by atoms with van der Waals surface area (Å²) in [5, 5.41) is 1.86. The molecule has 3 fully saturated rings. The summed E-state index contributed by atoms with van der Waals surface area (Å²) in [7, 11) is 1.81. The van der Waals surface area contributed by atoms with Crippen molar-refractivity contribution in [2.75, 3.05) is 31.1 Å². The molecule has 0 unspecified atom stereocenters. The van der Waals surface area contributed by atoms with Gasteiger partial charge in [-0.15, -0.1) is 0 Å². The number of benzene rings is 1. The predicted octanol–water partition coefficient (Wildman–Crippen LogP) is 1.82. The Labute approximate surface area is 124 Å². The third-order valence-corrected chi connectivity index (χ3v) is 5.05. The first-order valence-electron chi connectivity index (χ1n) is 7.81. The average Bonchev–Trinajstić information content (AvgIpc) is 2.85. The van der Waals surface area contributed by atoms with E-state index in [1.807, 2.05) is 19.3 Å². The lowest BCUT2D eigenvalue weighted by atomic mass is 10.0. The van der Waals surface area contributed by atoms with Gasteiger partial charge in [0.2, 0.25) is 0 Å². The zero-order chi connectivity index (χ0) is 14.4. The molecule has 0 N–H and O–H groups in total. The minimum atomic E-state index is 0.0946. The van der Waals surface area contributed by atoms with Crippen molar-refractivity contribution in [2.45, 2.75) is 18.9 Å². The van der Waals surface area contributed by atoms with Gasteiger partial charge in [-0.2, -0.15) is 0 Å². The van der Waals surface area contributed by atoms with Gasteiger partial charge in [-0.3, -0.25) is 4.79 Å². The number of hydrogen-bond donors (Lipinski definition) is 0. The number of nitrogens with zero attached hydrogens (tertiary/aromatic N) is 3. The van der Waals surface area contributed by atoms with Crippen molar-refractivity contribution in [3.05, 3.63) is 40.8 Å². The molecular weight excluding hydrogens is 262 g/mol. The summed E-state index contributed by atoms with van der Waals surface area (Å²) in [5.74, 6) is 0. The van der Waals surface area contributed by atoms with Crippen molar-refractivity contribution in [1.82, 2.24) is 9.47 Å². The summed E-state index contributed by atoms with van der Waals surface area (Å²) in [4.78, 5) is 17.4. The van der Waals surface area contributed by atoms with E-state index < -0.39 is 0 Å². The van der Waals surface area contributed by atoms with Gasteiger partial charge in [-0.05, 0) is 36.4 Å². The molecule has 4 nitrogen and oxygen atoms in total. The van der Waals surface area contributed by atoms with Crippen LogP contribution in [-0.4, -0.2) is 41.7 Å². The quantitative estimate of drug-likeness (QED) is 0.799. The lowest BCUT2D eigenvalue weighted by Gasteiger charge is -2.33. The number of aryl methyl sites for hydroxylation is 1. The molecule has 4 heteroatoms. The SMILES string of the molecule is Cn1ccc2ccc(N3CCN4CCC3CC4)cc2c1=O. The van der Waals surface area contributed by atoms with Crippen LogP contribution in [-0.2, 0) is 7.05 Å². The van der Waals surface area contributed by atoms with E-state index in [0.717, 1.165) is 23.9 Å². The molecule has 5 rings (SSSR count). The van der Waals surface area contributed by atoms with Crippen molar-refractivity contribution in [3.8, 4) is 0 Å². The number of piperidine rings is 1. The summed E-state index contributed by atoms with van der Waals surface area (Å²) in [5.41, 5.74) is 1.30. The highest BCUT2D eigenvalue weighted by Crippen LogP contribution is 2.28. The smallest absolute Gasteiger partial charge is 0.258 e. The highest BCUT2D eigenvalue weighted by molar-refractivity contribution is 5.85. The van der Waals surface area contributed by atoms with Crippen molar-refractivity contribution in [2.24, 2.45) is 7.05 Å². The fraction of sp³-hybridized carbons (Fsp3) is 0.471. The van der Waals surface area contributed by atoms with Gasteiger partial charge >= 0.3 is 0 Å². The molecule has 0 saturated carbocycles. The Morgan fingerprint density at radius 3 is 2.67 bits per heavy atom. The maximum Gasteiger partial charge on any atom is 0.258 e. The number of pyridine rings is 1. The standard InChI is InChI=1S/C17H21N3O/c1-18-7-4-13-2-3-15(12-16(13)17(18)21)20-11-10-19-8-5-14(20)6-9-19/h2-4,7,12,14H,5-6,8-11H2,1H3. The zero-order valence-electron chi connectivity index (χ0n) is 12.5. The van der Waals surface area contributed by atoms with E-state index in [0.29, 0.717) is 6.04 Å². The summed E-state index contributed by atoms with van der Waals surface area (Å²) in [6, 6.07) is 9.00. The molecule has 4 heterocycles. The van der Waals surface area contributed by atoms with Crippen molar-refractivity contribution in [3.63, 3.8) is 0 Å². The van der Waals surface area contributed by atoms with Gasteiger partial charge in [0.15, 0.2) is 0 Å². The highest BCUT2D eigenvalue weighted by Gasteiger charge is 2.29. The van der Waals surface area contributed by atoms with Gasteiger partial charge in [0.25, 0.3) is 5.56 Å². The molecule has 0 atom stereocenters. The van der Waals surface area contributed by atoms with Crippen LogP contribution >= 0.6 is 0 Å². The molecule has 3 aliphatic rings. The monoisotopic (exact) mass is 283 g/mol. The van der Waals surface area contributed by atoms with Crippen LogP contribution in [0.25, 0.3) is 10.8 Å². The zero-order valence-corrected chi connectivity index (χ0v) is 12.5. The Balaban J connectivity index is 1.79. The third-order valence-electron chi connectivity index (χ3n) is 5.05. The second kappa shape index (κ2) is 4.88. The molecule has 2 aromatic rings. The Bertz CT molecular complexity index is 728. The second-order valence-corrected chi connectivity index (χ2v) is 6.27. The minimum absolute atomic E-state index is 0.0946. The van der Waals surface area contributed by atoms with Crippen LogP contribution in [0, 0.1) is 0 Å². The number of anilines is 1. The number of rotatable bonds is 1. The molecular formula is C17H21N3O. The van der Waals surface area contributed by atoms with Crippen LogP contribution < -0.4 is 10.5 Å². The molecule has 0 spiro atoms. The first-order valence-corrected chi connectivity index (χ1v) is 7.81. The average molecular weight is 283 g/mol. The minimum Gasteiger partial charge on any atom is -0.367 e. The fourth-order valence-electron chi connectivity index (χ4n) is 3.73.